The Morgan fingerprint density at radius 3 is 2.29 bits per heavy atom. The number of carbonyl (C=O) groups is 1. The van der Waals surface area contributed by atoms with Crippen molar-refractivity contribution < 1.29 is 9.53 Å². The van der Waals surface area contributed by atoms with Crippen molar-refractivity contribution in [1.82, 2.24) is 4.90 Å². The third kappa shape index (κ3) is 1.78. The van der Waals surface area contributed by atoms with Crippen LogP contribution in [0, 0.1) is 10.8 Å². The number of nitrogens with zero attached hydrogens (tertiary/aromatic N) is 1. The molecular formula is C11H21NO2. The fraction of sp³-hybridized carbons (Fsp3) is 0.909. The molecule has 0 aliphatic heterocycles. The molecule has 0 aromatic heterocycles. The quantitative estimate of drug-likeness (QED) is 0.647. The summed E-state index contributed by atoms with van der Waals surface area (Å²) in [6.07, 6.45) is 0.981. The summed E-state index contributed by atoms with van der Waals surface area (Å²) in [4.78, 5) is 13.7. The van der Waals surface area contributed by atoms with Crippen LogP contribution in [-0.4, -0.2) is 31.2 Å². The molecule has 0 N–H and O–H groups in total. The molecule has 1 aliphatic rings. The van der Waals surface area contributed by atoms with E-state index in [9.17, 15) is 4.79 Å². The first-order valence-electron chi connectivity index (χ1n) is 5.18. The van der Waals surface area contributed by atoms with Gasteiger partial charge in [-0.05, 0) is 18.8 Å². The van der Waals surface area contributed by atoms with Crippen LogP contribution < -0.4 is 0 Å². The summed E-state index contributed by atoms with van der Waals surface area (Å²) in [5, 5.41) is 0. The molecule has 1 aliphatic carbocycles. The lowest BCUT2D eigenvalue weighted by Crippen LogP contribution is -2.36. The normalized spacial score (nSPS) is 28.6. The standard InChI is InChI=1S/C11H21NO2/c1-6-14-8-12(5)9(13)11(4)7-10(11,2)3/h6-8H2,1-5H3. The molecule has 3 nitrogen and oxygen atoms in total. The van der Waals surface area contributed by atoms with Crippen LogP contribution in [0.25, 0.3) is 0 Å². The third-order valence-corrected chi connectivity index (χ3v) is 3.47. The lowest BCUT2D eigenvalue weighted by Gasteiger charge is -2.23. The topological polar surface area (TPSA) is 29.5 Å². The van der Waals surface area contributed by atoms with Gasteiger partial charge in [-0.2, -0.15) is 0 Å². The molecule has 0 aromatic carbocycles. The molecule has 1 rings (SSSR count). The average Bonchev–Trinajstić information content (AvgIpc) is 2.62. The van der Waals surface area contributed by atoms with E-state index in [-0.39, 0.29) is 16.7 Å². The highest BCUT2D eigenvalue weighted by atomic mass is 16.5. The summed E-state index contributed by atoms with van der Waals surface area (Å²) in [5.74, 6) is 0.205. The van der Waals surface area contributed by atoms with E-state index in [1.807, 2.05) is 13.8 Å². The first-order valence-corrected chi connectivity index (χ1v) is 5.18. The largest absolute Gasteiger partial charge is 0.361 e. The molecule has 0 aromatic rings. The Kier molecular flexibility index (Phi) is 2.91. The number of rotatable bonds is 4. The summed E-state index contributed by atoms with van der Waals surface area (Å²) in [7, 11) is 1.80. The zero-order valence-corrected chi connectivity index (χ0v) is 9.89. The maximum atomic E-state index is 12.0. The number of carbonyl (C=O) groups excluding carboxylic acids is 1. The molecule has 82 valence electrons. The Balaban J connectivity index is 2.50. The Morgan fingerprint density at radius 2 is 1.93 bits per heavy atom. The van der Waals surface area contributed by atoms with Crippen LogP contribution in [0.3, 0.4) is 0 Å². The van der Waals surface area contributed by atoms with Gasteiger partial charge in [-0.3, -0.25) is 4.79 Å². The highest BCUT2D eigenvalue weighted by Crippen LogP contribution is 2.63. The summed E-state index contributed by atoms with van der Waals surface area (Å²) in [5.41, 5.74) is -0.0105. The van der Waals surface area contributed by atoms with Crippen LogP contribution in [0.4, 0.5) is 0 Å². The van der Waals surface area contributed by atoms with Crippen molar-refractivity contribution in [2.24, 2.45) is 10.8 Å². The van der Waals surface area contributed by atoms with Gasteiger partial charge in [0.05, 0.1) is 5.41 Å². The van der Waals surface area contributed by atoms with Gasteiger partial charge in [-0.15, -0.1) is 0 Å². The lowest BCUT2D eigenvalue weighted by molar-refractivity contribution is -0.141. The number of ether oxygens (including phenoxy) is 1. The van der Waals surface area contributed by atoms with Crippen LogP contribution in [0.5, 0.6) is 0 Å². The number of amides is 1. The second-order valence-corrected chi connectivity index (χ2v) is 5.02. The first-order chi connectivity index (χ1) is 6.35. The SMILES string of the molecule is CCOCN(C)C(=O)C1(C)CC1(C)C. The van der Waals surface area contributed by atoms with E-state index in [0.29, 0.717) is 13.3 Å². The van der Waals surface area contributed by atoms with Crippen molar-refractivity contribution in [3.05, 3.63) is 0 Å². The highest BCUT2D eigenvalue weighted by molar-refractivity contribution is 5.86. The fourth-order valence-electron chi connectivity index (χ4n) is 1.91. The van der Waals surface area contributed by atoms with Gasteiger partial charge in [0.1, 0.15) is 6.73 Å². The van der Waals surface area contributed by atoms with Gasteiger partial charge in [-0.1, -0.05) is 20.8 Å². The van der Waals surface area contributed by atoms with Crippen molar-refractivity contribution in [3.8, 4) is 0 Å². The van der Waals surface area contributed by atoms with Crippen LogP contribution in [0.15, 0.2) is 0 Å². The molecule has 0 saturated heterocycles. The van der Waals surface area contributed by atoms with Crippen molar-refractivity contribution in [1.29, 1.82) is 0 Å². The Bertz CT molecular complexity index is 237. The van der Waals surface area contributed by atoms with Crippen LogP contribution in [-0.2, 0) is 9.53 Å². The summed E-state index contributed by atoms with van der Waals surface area (Å²) >= 11 is 0. The first kappa shape index (κ1) is 11.5. The Morgan fingerprint density at radius 1 is 1.43 bits per heavy atom. The summed E-state index contributed by atoms with van der Waals surface area (Å²) in [6.45, 7) is 9.30. The van der Waals surface area contributed by atoms with Crippen LogP contribution >= 0.6 is 0 Å². The molecule has 1 unspecified atom stereocenters. The van der Waals surface area contributed by atoms with Gasteiger partial charge in [0.15, 0.2) is 0 Å². The molecule has 14 heavy (non-hydrogen) atoms. The zero-order valence-electron chi connectivity index (χ0n) is 9.89. The molecule has 1 saturated carbocycles. The highest BCUT2D eigenvalue weighted by Gasteiger charge is 2.63. The molecule has 0 radical (unpaired) electrons. The van der Waals surface area contributed by atoms with E-state index >= 15 is 0 Å². The lowest BCUT2D eigenvalue weighted by atomic mass is 9.97. The van der Waals surface area contributed by atoms with Crippen LogP contribution in [0.1, 0.15) is 34.1 Å². The third-order valence-electron chi connectivity index (χ3n) is 3.47. The van der Waals surface area contributed by atoms with Gasteiger partial charge < -0.3 is 9.64 Å². The number of hydrogen-bond donors (Lipinski definition) is 0. The van der Waals surface area contributed by atoms with Crippen LogP contribution in [0.2, 0.25) is 0 Å². The van der Waals surface area contributed by atoms with Gasteiger partial charge in [-0.25, -0.2) is 0 Å². The zero-order chi connectivity index (χ0) is 11.0. The second kappa shape index (κ2) is 3.54. The predicted octanol–water partition coefficient (Wildman–Crippen LogP) is 1.88. The molecule has 1 amide bonds. The molecule has 3 heteroatoms. The van der Waals surface area contributed by atoms with Gasteiger partial charge in [0.2, 0.25) is 5.91 Å². The van der Waals surface area contributed by atoms with E-state index in [1.165, 1.54) is 0 Å². The molecule has 0 heterocycles. The fourth-order valence-corrected chi connectivity index (χ4v) is 1.91. The summed E-state index contributed by atoms with van der Waals surface area (Å²) < 4.78 is 5.21. The van der Waals surface area contributed by atoms with Gasteiger partial charge >= 0.3 is 0 Å². The minimum Gasteiger partial charge on any atom is -0.361 e. The second-order valence-electron chi connectivity index (χ2n) is 5.02. The van der Waals surface area contributed by atoms with E-state index in [1.54, 1.807) is 11.9 Å². The monoisotopic (exact) mass is 199 g/mol. The van der Waals surface area contributed by atoms with Gasteiger partial charge in [0.25, 0.3) is 0 Å². The molecule has 1 atom stereocenters. The van der Waals surface area contributed by atoms with Crippen molar-refractivity contribution in [3.63, 3.8) is 0 Å². The predicted molar refractivity (Wildman–Crippen MR) is 55.8 cm³/mol. The van der Waals surface area contributed by atoms with Crippen molar-refractivity contribution in [2.75, 3.05) is 20.4 Å². The average molecular weight is 199 g/mol. The minimum atomic E-state index is -0.168. The summed E-state index contributed by atoms with van der Waals surface area (Å²) in [6, 6.07) is 0. The molecule has 0 bridgehead atoms. The van der Waals surface area contributed by atoms with E-state index in [0.717, 1.165) is 6.42 Å². The Labute approximate surface area is 86.4 Å². The van der Waals surface area contributed by atoms with E-state index < -0.39 is 0 Å². The van der Waals surface area contributed by atoms with Crippen molar-refractivity contribution >= 4 is 5.91 Å². The van der Waals surface area contributed by atoms with Gasteiger partial charge in [0, 0.05) is 13.7 Å². The Hall–Kier alpha value is -0.570. The molecule has 0 spiro atoms. The minimum absolute atomic E-state index is 0.157. The molecule has 1 fully saturated rings. The van der Waals surface area contributed by atoms with E-state index in [2.05, 4.69) is 13.8 Å². The maximum absolute atomic E-state index is 12.0. The van der Waals surface area contributed by atoms with E-state index in [4.69, 9.17) is 4.74 Å². The smallest absolute Gasteiger partial charge is 0.230 e. The van der Waals surface area contributed by atoms with Crippen molar-refractivity contribution in [2.45, 2.75) is 34.1 Å². The molecular weight excluding hydrogens is 178 g/mol. The number of hydrogen-bond acceptors (Lipinski definition) is 2. The maximum Gasteiger partial charge on any atom is 0.230 e.